The van der Waals surface area contributed by atoms with Crippen molar-refractivity contribution in [1.29, 1.82) is 0 Å². The van der Waals surface area contributed by atoms with E-state index in [0.717, 1.165) is 36.3 Å². The van der Waals surface area contributed by atoms with Crippen molar-refractivity contribution in [3.63, 3.8) is 0 Å². The van der Waals surface area contributed by atoms with Crippen LogP contribution in [0.15, 0.2) is 48.0 Å². The monoisotopic (exact) mass is 506 g/mol. The Morgan fingerprint density at radius 2 is 1.97 bits per heavy atom. The van der Waals surface area contributed by atoms with E-state index in [1.165, 1.54) is 0 Å². The Hall–Kier alpha value is -3.32. The van der Waals surface area contributed by atoms with E-state index in [2.05, 4.69) is 13.8 Å². The fraction of sp³-hybridized carbons (Fsp3) is 0.467. The molecule has 2 atom stereocenters. The molecule has 198 valence electrons. The predicted octanol–water partition coefficient (Wildman–Crippen LogP) is 4.81. The second kappa shape index (κ2) is 11.4. The minimum absolute atomic E-state index is 0.0631. The minimum Gasteiger partial charge on any atom is -0.507 e. The van der Waals surface area contributed by atoms with Crippen molar-refractivity contribution in [2.24, 2.45) is 5.92 Å². The lowest BCUT2D eigenvalue weighted by Gasteiger charge is -2.26. The van der Waals surface area contributed by atoms with Crippen molar-refractivity contribution >= 4 is 17.4 Å². The number of amides is 1. The molecule has 0 saturated carbocycles. The standard InChI is InChI=1S/C30H38N2O5/c1-19(2)12-15-36-24-9-6-8-21(18-24)27-26(29(34)30(35)32(27)14-7-13-31(4)5)28(33)22-10-11-25-23(17-22)16-20(3)37-25/h6,8-11,17-20,27,33H,7,12-16H2,1-5H3/b28-26+/t20-,27-/m0/s1. The van der Waals surface area contributed by atoms with Gasteiger partial charge in [0.2, 0.25) is 0 Å². The summed E-state index contributed by atoms with van der Waals surface area (Å²) in [6.45, 7) is 8.05. The number of carbonyl (C=O) groups excluding carboxylic acids is 2. The largest absolute Gasteiger partial charge is 0.507 e. The molecule has 1 saturated heterocycles. The highest BCUT2D eigenvalue weighted by molar-refractivity contribution is 6.46. The Bertz CT molecular complexity index is 1190. The van der Waals surface area contributed by atoms with Crippen LogP contribution in [0.2, 0.25) is 0 Å². The van der Waals surface area contributed by atoms with Crippen molar-refractivity contribution in [3.8, 4) is 11.5 Å². The van der Waals surface area contributed by atoms with E-state index in [1.807, 2.05) is 62.3 Å². The number of hydrogen-bond acceptors (Lipinski definition) is 6. The maximum Gasteiger partial charge on any atom is 0.295 e. The van der Waals surface area contributed by atoms with E-state index >= 15 is 0 Å². The molecule has 7 nitrogen and oxygen atoms in total. The number of ether oxygens (including phenoxy) is 2. The Kier molecular flexibility index (Phi) is 8.22. The third-order valence-corrected chi connectivity index (χ3v) is 6.85. The van der Waals surface area contributed by atoms with Crippen molar-refractivity contribution in [2.45, 2.75) is 52.2 Å². The van der Waals surface area contributed by atoms with E-state index in [1.54, 1.807) is 11.0 Å². The number of rotatable bonds is 10. The number of Topliss-reactive ketones (excluding diaryl/α,β-unsaturated/α-hetero) is 1. The van der Waals surface area contributed by atoms with Gasteiger partial charge in [0.25, 0.3) is 11.7 Å². The lowest BCUT2D eigenvalue weighted by atomic mass is 9.94. The molecule has 4 rings (SSSR count). The van der Waals surface area contributed by atoms with Gasteiger partial charge in [-0.15, -0.1) is 0 Å². The Labute approximate surface area is 219 Å². The van der Waals surface area contributed by atoms with E-state index in [0.29, 0.717) is 36.8 Å². The van der Waals surface area contributed by atoms with Crippen LogP contribution in [0.3, 0.4) is 0 Å². The average Bonchev–Trinajstić information content (AvgIpc) is 3.34. The highest BCUT2D eigenvalue weighted by atomic mass is 16.5. The molecule has 0 spiro atoms. The van der Waals surface area contributed by atoms with E-state index in [-0.39, 0.29) is 17.4 Å². The van der Waals surface area contributed by atoms with Crippen LogP contribution in [-0.2, 0) is 16.0 Å². The topological polar surface area (TPSA) is 79.3 Å². The molecule has 1 amide bonds. The quantitative estimate of drug-likeness (QED) is 0.283. The SMILES string of the molecule is CC(C)CCOc1cccc([C@H]2/C(=C(\O)c3ccc4c(c3)C[C@H](C)O4)C(=O)C(=O)N2CCCN(C)C)c1. The van der Waals surface area contributed by atoms with Gasteiger partial charge in [0, 0.05) is 18.5 Å². The van der Waals surface area contributed by atoms with Gasteiger partial charge < -0.3 is 24.4 Å². The van der Waals surface area contributed by atoms with Crippen LogP contribution in [0, 0.1) is 5.92 Å². The first-order valence-corrected chi connectivity index (χ1v) is 13.1. The van der Waals surface area contributed by atoms with Crippen molar-refractivity contribution < 1.29 is 24.2 Å². The smallest absolute Gasteiger partial charge is 0.295 e. The van der Waals surface area contributed by atoms with Gasteiger partial charge in [0.1, 0.15) is 23.4 Å². The highest BCUT2D eigenvalue weighted by Crippen LogP contribution is 2.41. The van der Waals surface area contributed by atoms with Gasteiger partial charge in [0.15, 0.2) is 0 Å². The third-order valence-electron chi connectivity index (χ3n) is 6.85. The van der Waals surface area contributed by atoms with Crippen LogP contribution in [0.4, 0.5) is 0 Å². The lowest BCUT2D eigenvalue weighted by molar-refractivity contribution is -0.139. The van der Waals surface area contributed by atoms with Crippen molar-refractivity contribution in [2.75, 3.05) is 33.8 Å². The Morgan fingerprint density at radius 3 is 2.70 bits per heavy atom. The summed E-state index contributed by atoms with van der Waals surface area (Å²) >= 11 is 0. The van der Waals surface area contributed by atoms with Gasteiger partial charge in [-0.25, -0.2) is 0 Å². The molecule has 37 heavy (non-hydrogen) atoms. The molecule has 1 N–H and O–H groups in total. The molecule has 2 aliphatic rings. The van der Waals surface area contributed by atoms with Gasteiger partial charge in [0.05, 0.1) is 18.2 Å². The molecule has 2 heterocycles. The zero-order valence-corrected chi connectivity index (χ0v) is 22.5. The van der Waals surface area contributed by atoms with Gasteiger partial charge in [-0.05, 0) is 87.8 Å². The molecule has 0 bridgehead atoms. The lowest BCUT2D eigenvalue weighted by Crippen LogP contribution is -2.32. The summed E-state index contributed by atoms with van der Waals surface area (Å²) < 4.78 is 11.8. The summed E-state index contributed by atoms with van der Waals surface area (Å²) in [5.74, 6) is 0.578. The van der Waals surface area contributed by atoms with Crippen LogP contribution in [-0.4, -0.2) is 66.5 Å². The fourth-order valence-electron chi connectivity index (χ4n) is 4.93. The van der Waals surface area contributed by atoms with Crippen molar-refractivity contribution in [1.82, 2.24) is 9.80 Å². The minimum atomic E-state index is -0.695. The average molecular weight is 507 g/mol. The normalized spacial score (nSPS) is 20.6. The molecule has 2 aliphatic heterocycles. The van der Waals surface area contributed by atoms with Crippen LogP contribution >= 0.6 is 0 Å². The maximum atomic E-state index is 13.4. The van der Waals surface area contributed by atoms with Crippen LogP contribution < -0.4 is 9.47 Å². The molecule has 0 unspecified atom stereocenters. The number of fused-ring (bicyclic) bond motifs is 1. The summed E-state index contributed by atoms with van der Waals surface area (Å²) in [4.78, 5) is 30.2. The Balaban J connectivity index is 1.73. The number of carbonyl (C=O) groups is 2. The molecular weight excluding hydrogens is 468 g/mol. The van der Waals surface area contributed by atoms with Crippen LogP contribution in [0.25, 0.3) is 5.76 Å². The molecule has 2 aromatic rings. The molecule has 0 aliphatic carbocycles. The number of hydrogen-bond donors (Lipinski definition) is 1. The van der Waals surface area contributed by atoms with E-state index in [4.69, 9.17) is 9.47 Å². The molecular formula is C30H38N2O5. The van der Waals surface area contributed by atoms with Crippen LogP contribution in [0.5, 0.6) is 11.5 Å². The number of nitrogens with zero attached hydrogens (tertiary/aromatic N) is 2. The first-order valence-electron chi connectivity index (χ1n) is 13.1. The number of aliphatic hydroxyl groups excluding tert-OH is 1. The molecule has 0 aromatic heterocycles. The zero-order valence-electron chi connectivity index (χ0n) is 22.5. The molecule has 0 radical (unpaired) electrons. The number of aliphatic hydroxyl groups is 1. The zero-order chi connectivity index (χ0) is 26.7. The summed E-state index contributed by atoms with van der Waals surface area (Å²) in [7, 11) is 3.95. The van der Waals surface area contributed by atoms with E-state index < -0.39 is 17.7 Å². The van der Waals surface area contributed by atoms with E-state index in [9.17, 15) is 14.7 Å². The number of likely N-dealkylation sites (tertiary alicyclic amines) is 1. The second-order valence-electron chi connectivity index (χ2n) is 10.7. The summed E-state index contributed by atoms with van der Waals surface area (Å²) in [6, 6.07) is 12.2. The van der Waals surface area contributed by atoms with Gasteiger partial charge in [-0.3, -0.25) is 9.59 Å². The van der Waals surface area contributed by atoms with Gasteiger partial charge in [-0.1, -0.05) is 26.0 Å². The molecule has 2 aromatic carbocycles. The fourth-order valence-corrected chi connectivity index (χ4v) is 4.93. The first kappa shape index (κ1) is 26.7. The highest BCUT2D eigenvalue weighted by Gasteiger charge is 2.46. The number of benzene rings is 2. The van der Waals surface area contributed by atoms with Gasteiger partial charge >= 0.3 is 0 Å². The molecule has 1 fully saturated rings. The maximum absolute atomic E-state index is 13.4. The Morgan fingerprint density at radius 1 is 1.19 bits per heavy atom. The number of ketones is 1. The summed E-state index contributed by atoms with van der Waals surface area (Å²) in [6.07, 6.45) is 2.42. The van der Waals surface area contributed by atoms with Gasteiger partial charge in [-0.2, -0.15) is 0 Å². The summed E-state index contributed by atoms with van der Waals surface area (Å²) in [5.41, 5.74) is 2.35. The first-order chi connectivity index (χ1) is 17.7. The van der Waals surface area contributed by atoms with Crippen LogP contribution in [0.1, 0.15) is 56.3 Å². The predicted molar refractivity (Wildman–Crippen MR) is 144 cm³/mol. The summed E-state index contributed by atoms with van der Waals surface area (Å²) in [5, 5.41) is 11.4. The second-order valence-corrected chi connectivity index (χ2v) is 10.7. The third kappa shape index (κ3) is 5.99. The van der Waals surface area contributed by atoms with Crippen molar-refractivity contribution in [3.05, 3.63) is 64.7 Å². The molecule has 7 heteroatoms.